The largest absolute Gasteiger partial charge is 0.356 e. The highest BCUT2D eigenvalue weighted by atomic mass is 19.1. The molecular weight excluding hydrogens is 718 g/mol. The van der Waals surface area contributed by atoms with Crippen LogP contribution in [0.15, 0.2) is 47.0 Å². The Bertz CT molecular complexity index is 1890. The summed E-state index contributed by atoms with van der Waals surface area (Å²) in [5.41, 5.74) is 1.05. The lowest BCUT2D eigenvalue weighted by molar-refractivity contribution is -0.146. The van der Waals surface area contributed by atoms with Gasteiger partial charge in [0.05, 0.1) is 24.5 Å². The van der Waals surface area contributed by atoms with E-state index in [1.54, 1.807) is 38.7 Å². The van der Waals surface area contributed by atoms with Gasteiger partial charge in [0, 0.05) is 37.0 Å². The minimum atomic E-state index is -1.06. The molecule has 55 heavy (non-hydrogen) atoms. The molecule has 17 heteroatoms. The number of rotatable bonds is 13. The zero-order valence-electron chi connectivity index (χ0n) is 31.3. The molecule has 296 valence electrons. The molecule has 2 aliphatic heterocycles. The van der Waals surface area contributed by atoms with Gasteiger partial charge in [0.25, 0.3) is 0 Å². The van der Waals surface area contributed by atoms with E-state index in [1.807, 2.05) is 0 Å². The van der Waals surface area contributed by atoms with Crippen molar-refractivity contribution in [2.75, 3.05) is 38.0 Å². The van der Waals surface area contributed by atoms with Crippen molar-refractivity contribution >= 4 is 52.2 Å². The lowest BCUT2D eigenvalue weighted by Crippen LogP contribution is -2.57. The summed E-state index contributed by atoms with van der Waals surface area (Å²) in [5.74, 6) is -4.26. The number of amides is 7. The van der Waals surface area contributed by atoms with E-state index < -0.39 is 72.5 Å². The van der Waals surface area contributed by atoms with Crippen LogP contribution in [-0.2, 0) is 24.0 Å². The number of halogens is 2. The third kappa shape index (κ3) is 10.1. The minimum absolute atomic E-state index is 0.0359. The predicted molar refractivity (Wildman–Crippen MR) is 197 cm³/mol. The van der Waals surface area contributed by atoms with Gasteiger partial charge < -0.3 is 40.9 Å². The van der Waals surface area contributed by atoms with Gasteiger partial charge in [0.1, 0.15) is 29.8 Å². The highest BCUT2D eigenvalue weighted by Crippen LogP contribution is 2.34. The zero-order chi connectivity index (χ0) is 39.8. The van der Waals surface area contributed by atoms with E-state index in [1.165, 1.54) is 41.3 Å². The number of nitrogens with one attached hydrogen (secondary N) is 5. The first-order chi connectivity index (χ1) is 26.2. The molecule has 0 aliphatic carbocycles. The number of carbonyl (C=O) groups excluding carboxylic acids is 6. The second-order valence-corrected chi connectivity index (χ2v) is 14.6. The van der Waals surface area contributed by atoms with Crippen LogP contribution in [0.25, 0.3) is 11.0 Å². The fourth-order valence-electron chi connectivity index (χ4n) is 6.94. The van der Waals surface area contributed by atoms with Gasteiger partial charge in [0.2, 0.25) is 29.5 Å². The van der Waals surface area contributed by atoms with Crippen LogP contribution in [0.5, 0.6) is 0 Å². The number of nitrogens with zero attached hydrogens (tertiary/aromatic N) is 3. The van der Waals surface area contributed by atoms with Crippen LogP contribution in [-0.4, -0.2) is 101 Å². The lowest BCUT2D eigenvalue weighted by Gasteiger charge is -2.36. The summed E-state index contributed by atoms with van der Waals surface area (Å²) in [7, 11) is 0. The molecule has 2 saturated heterocycles. The third-order valence-electron chi connectivity index (χ3n) is 9.95. The molecule has 2 fully saturated rings. The van der Waals surface area contributed by atoms with Gasteiger partial charge in [-0.1, -0.05) is 45.0 Å². The Morgan fingerprint density at radius 1 is 0.836 bits per heavy atom. The molecule has 7 amide bonds. The first kappa shape index (κ1) is 40.6. The molecule has 0 spiro atoms. The van der Waals surface area contributed by atoms with Crippen molar-refractivity contribution in [2.45, 2.75) is 77.4 Å². The first-order valence-electron chi connectivity index (χ1n) is 18.5. The van der Waals surface area contributed by atoms with Crippen molar-refractivity contribution in [3.8, 4) is 0 Å². The fourth-order valence-corrected chi connectivity index (χ4v) is 6.94. The highest BCUT2D eigenvalue weighted by molar-refractivity contribution is 5.96. The van der Waals surface area contributed by atoms with E-state index in [-0.39, 0.29) is 29.3 Å². The molecule has 15 nitrogen and oxygen atoms in total. The number of carbonyl (C=O) groups is 6. The molecular formula is C38H48F2N8O7. The standard InChI is InChI=1S/C38H48F2N8O7/c1-21(2)32(44-31(50)20-42-38(54)43-27-9-6-5-8-26(27)40)35(51)41-19-30(49)45-33(22(3)4)37(53)48-15-7-10-28(48)36(52)47-16-13-23(14-17-47)34-25-12-11-24(39)18-29(25)55-46-34/h5-6,8-9,11-12,18,21-23,28,32-33H,7,10,13-17,19-20H2,1-4H3,(H,41,51)(H,44,50)(H,45,49)(H2,42,43,54)/t28-,32-,33-/m0/s1. The van der Waals surface area contributed by atoms with Crippen molar-refractivity contribution in [1.29, 1.82) is 0 Å². The molecule has 3 heterocycles. The van der Waals surface area contributed by atoms with Crippen LogP contribution in [0.1, 0.15) is 65.0 Å². The van der Waals surface area contributed by atoms with Gasteiger partial charge in [-0.25, -0.2) is 13.6 Å². The minimum Gasteiger partial charge on any atom is -0.356 e. The summed E-state index contributed by atoms with van der Waals surface area (Å²) >= 11 is 0. The number of aromatic nitrogens is 1. The normalized spacial score (nSPS) is 17.2. The van der Waals surface area contributed by atoms with Gasteiger partial charge in [-0.05, 0) is 61.8 Å². The van der Waals surface area contributed by atoms with E-state index in [4.69, 9.17) is 4.52 Å². The Balaban J connectivity index is 1.09. The van der Waals surface area contributed by atoms with Gasteiger partial charge in [0.15, 0.2) is 5.58 Å². The van der Waals surface area contributed by atoms with Crippen LogP contribution in [0, 0.1) is 23.5 Å². The van der Waals surface area contributed by atoms with Crippen molar-refractivity contribution in [1.82, 2.24) is 36.2 Å². The van der Waals surface area contributed by atoms with E-state index in [0.29, 0.717) is 50.9 Å². The summed E-state index contributed by atoms with van der Waals surface area (Å²) in [6.07, 6.45) is 2.39. The average molecular weight is 767 g/mol. The molecule has 3 atom stereocenters. The van der Waals surface area contributed by atoms with Crippen LogP contribution in [0.3, 0.4) is 0 Å². The lowest BCUT2D eigenvalue weighted by atomic mass is 9.91. The molecule has 0 unspecified atom stereocenters. The number of hydrogen-bond donors (Lipinski definition) is 5. The average Bonchev–Trinajstić information content (AvgIpc) is 3.82. The Kier molecular flexibility index (Phi) is 13.4. The maximum atomic E-state index is 13.9. The van der Waals surface area contributed by atoms with Gasteiger partial charge in [-0.2, -0.15) is 0 Å². The number of piperidine rings is 1. The van der Waals surface area contributed by atoms with E-state index in [0.717, 1.165) is 11.1 Å². The molecule has 2 aliphatic rings. The van der Waals surface area contributed by atoms with Crippen LogP contribution in [0.2, 0.25) is 0 Å². The maximum Gasteiger partial charge on any atom is 0.319 e. The first-order valence-corrected chi connectivity index (χ1v) is 18.5. The summed E-state index contributed by atoms with van der Waals surface area (Å²) in [6, 6.07) is 6.33. The number of para-hydroxylation sites is 1. The number of hydrogen-bond acceptors (Lipinski definition) is 8. The van der Waals surface area contributed by atoms with Crippen LogP contribution >= 0.6 is 0 Å². The topological polar surface area (TPSA) is 195 Å². The van der Waals surface area contributed by atoms with Gasteiger partial charge in [-0.3, -0.25) is 24.0 Å². The number of likely N-dealkylation sites (tertiary alicyclic amines) is 2. The smallest absolute Gasteiger partial charge is 0.319 e. The summed E-state index contributed by atoms with van der Waals surface area (Å²) in [6.45, 7) is 7.22. The second kappa shape index (κ2) is 18.1. The van der Waals surface area contributed by atoms with E-state index in [2.05, 4.69) is 31.7 Å². The Hall–Kier alpha value is -5.61. The van der Waals surface area contributed by atoms with Gasteiger partial charge >= 0.3 is 6.03 Å². The summed E-state index contributed by atoms with van der Waals surface area (Å²) < 4.78 is 32.8. The van der Waals surface area contributed by atoms with Crippen molar-refractivity contribution < 1.29 is 42.1 Å². The van der Waals surface area contributed by atoms with Gasteiger partial charge in [-0.15, -0.1) is 0 Å². The van der Waals surface area contributed by atoms with Crippen molar-refractivity contribution in [3.05, 3.63) is 59.8 Å². The number of benzene rings is 2. The summed E-state index contributed by atoms with van der Waals surface area (Å²) in [5, 5.41) is 17.3. The molecule has 0 bridgehead atoms. The monoisotopic (exact) mass is 766 g/mol. The fraction of sp³-hybridized carbons (Fsp3) is 0.500. The molecule has 1 aromatic heterocycles. The summed E-state index contributed by atoms with van der Waals surface area (Å²) in [4.78, 5) is 81.7. The zero-order valence-corrected chi connectivity index (χ0v) is 31.3. The van der Waals surface area contributed by atoms with Crippen LogP contribution in [0.4, 0.5) is 19.3 Å². The predicted octanol–water partition coefficient (Wildman–Crippen LogP) is 3.02. The quantitative estimate of drug-likeness (QED) is 0.175. The van der Waals surface area contributed by atoms with E-state index in [9.17, 15) is 37.5 Å². The maximum absolute atomic E-state index is 13.9. The molecule has 0 radical (unpaired) electrons. The molecule has 5 rings (SSSR count). The van der Waals surface area contributed by atoms with Crippen LogP contribution < -0.4 is 26.6 Å². The Labute approximate surface area is 317 Å². The van der Waals surface area contributed by atoms with Crippen molar-refractivity contribution in [2.24, 2.45) is 11.8 Å². The van der Waals surface area contributed by atoms with E-state index >= 15 is 0 Å². The molecule has 3 aromatic rings. The number of fused-ring (bicyclic) bond motifs is 1. The Morgan fingerprint density at radius 2 is 1.49 bits per heavy atom. The third-order valence-corrected chi connectivity index (χ3v) is 9.95. The van der Waals surface area contributed by atoms with Crippen molar-refractivity contribution in [3.63, 3.8) is 0 Å². The molecule has 0 saturated carbocycles. The second-order valence-electron chi connectivity index (χ2n) is 14.6. The molecule has 2 aromatic carbocycles. The highest BCUT2D eigenvalue weighted by Gasteiger charge is 2.41. The number of urea groups is 1. The number of anilines is 1. The Morgan fingerprint density at radius 3 is 2.16 bits per heavy atom. The SMILES string of the molecule is CC(C)[C@H](NC(=O)CNC(=O)Nc1ccccc1F)C(=O)NCC(=O)N[C@H](C(=O)N1CCC[C@H]1C(=O)N1CCC(c2noc3cc(F)ccc23)CC1)C(C)C. The molecule has 5 N–H and O–H groups in total.